The Morgan fingerprint density at radius 3 is 0.737 bits per heavy atom. The number of hydrogen-bond acceptors (Lipinski definition) is 6. The van der Waals surface area contributed by atoms with Crippen LogP contribution in [0.3, 0.4) is 0 Å². The van der Waals surface area contributed by atoms with Crippen molar-refractivity contribution < 1.29 is 46.5 Å². The van der Waals surface area contributed by atoms with E-state index in [1.165, 1.54) is 20.8 Å². The molecule has 0 aliphatic rings. The van der Waals surface area contributed by atoms with E-state index in [1.807, 2.05) is 0 Å². The van der Waals surface area contributed by atoms with Crippen molar-refractivity contribution in [3.05, 3.63) is 17.2 Å². The summed E-state index contributed by atoms with van der Waals surface area (Å²) in [6.45, 7) is 3.74. The third kappa shape index (κ3) is 31.5. The fraction of sp³-hybridized carbons (Fsp3) is 0.667. The molecule has 0 aliphatic carbocycles. The summed E-state index contributed by atoms with van der Waals surface area (Å²) in [5.74, 6) is -3.97. The van der Waals surface area contributed by atoms with E-state index in [9.17, 15) is 29.7 Å². The van der Waals surface area contributed by atoms with Crippen molar-refractivity contribution in [2.75, 3.05) is 0 Å². The van der Waals surface area contributed by atoms with Crippen molar-refractivity contribution in [2.24, 2.45) is 0 Å². The fourth-order valence-corrected chi connectivity index (χ4v) is 0. The van der Waals surface area contributed by atoms with Crippen LogP contribution in [0.1, 0.15) is 20.8 Å². The quantitative estimate of drug-likeness (QED) is 0.552. The van der Waals surface area contributed by atoms with Crippen LogP contribution in [0.4, 0.5) is 0 Å². The van der Waals surface area contributed by atoms with E-state index in [4.69, 9.17) is 17.2 Å². The van der Waals surface area contributed by atoms with Gasteiger partial charge in [0.05, 0.1) is 0 Å². The smallest absolute Gasteiger partial charge is 0.670 e. The Morgan fingerprint density at radius 1 is 0.684 bits per heavy atom. The molecule has 0 aromatic carbocycles. The molecule has 114 valence electrons. The van der Waals surface area contributed by atoms with E-state index >= 15 is 0 Å². The summed E-state index contributed by atoms with van der Waals surface area (Å²) in [6.07, 6.45) is 0. The first-order chi connectivity index (χ1) is 7.93. The van der Waals surface area contributed by atoms with Gasteiger partial charge in [0.2, 0.25) is 0 Å². The molecular weight excluding hydrogens is 305 g/mol. The second kappa shape index (κ2) is 14.9. The van der Waals surface area contributed by atoms with E-state index in [1.54, 1.807) is 0 Å². The summed E-state index contributed by atoms with van der Waals surface area (Å²) >= 11 is 0. The van der Waals surface area contributed by atoms with Gasteiger partial charge in [-0.05, 0) is 0 Å². The maximum atomic E-state index is 9.40. The standard InChI is InChI=1S/3C3H6NO2.Co/c3*1-2(4)3(5)6;/h3*2,4H,1H3,(H,5,6);/q3*-1;+3/p-3. The second-order valence-corrected chi connectivity index (χ2v) is 3.12. The molecule has 0 aliphatic heterocycles. The average Bonchev–Trinajstić information content (AvgIpc) is 2.18. The van der Waals surface area contributed by atoms with Gasteiger partial charge in [-0.2, -0.15) is 0 Å². The molecule has 3 unspecified atom stereocenters. The van der Waals surface area contributed by atoms with Crippen LogP contribution in [0.25, 0.3) is 17.2 Å². The van der Waals surface area contributed by atoms with Crippen LogP contribution in [0.2, 0.25) is 0 Å². The van der Waals surface area contributed by atoms with Crippen molar-refractivity contribution >= 4 is 17.9 Å². The fourth-order valence-electron chi connectivity index (χ4n) is 0. The molecule has 0 bridgehead atoms. The Labute approximate surface area is 121 Å². The minimum atomic E-state index is -1.32. The van der Waals surface area contributed by atoms with Gasteiger partial charge in [0, 0.05) is 17.9 Å². The summed E-state index contributed by atoms with van der Waals surface area (Å²) in [5.41, 5.74) is 19.1. The number of rotatable bonds is 3. The molecule has 0 saturated heterocycles. The predicted molar refractivity (Wildman–Crippen MR) is 56.4 cm³/mol. The van der Waals surface area contributed by atoms with Crippen LogP contribution in [-0.4, -0.2) is 36.0 Å². The topological polar surface area (TPSA) is 192 Å². The maximum absolute atomic E-state index is 9.40. The first-order valence-corrected chi connectivity index (χ1v) is 4.69. The monoisotopic (exact) mass is 320 g/mol. The molecule has 0 aromatic heterocycles. The zero-order chi connectivity index (χ0) is 15.5. The summed E-state index contributed by atoms with van der Waals surface area (Å²) < 4.78 is 0. The average molecular weight is 320 g/mol. The maximum Gasteiger partial charge on any atom is 3.00 e. The summed E-state index contributed by atoms with van der Waals surface area (Å²) in [6, 6.07) is -3.28. The Morgan fingerprint density at radius 2 is 0.737 bits per heavy atom. The summed E-state index contributed by atoms with van der Waals surface area (Å²) in [5, 5.41) is 28.2. The van der Waals surface area contributed by atoms with E-state index in [2.05, 4.69) is 0 Å². The first kappa shape index (κ1) is 26.4. The number of carboxylic acid groups (broad SMARTS) is 3. The predicted octanol–water partition coefficient (Wildman–Crippen LogP) is -2.47. The molecule has 0 amide bonds. The van der Waals surface area contributed by atoms with Crippen LogP contribution in [0, 0.1) is 0 Å². The number of carbonyl (C=O) groups excluding carboxylic acids is 3. The molecule has 3 atom stereocenters. The molecule has 0 aromatic rings. The molecular formula is C9H15CoN3O6-3. The van der Waals surface area contributed by atoms with E-state index < -0.39 is 36.0 Å². The molecule has 0 heterocycles. The van der Waals surface area contributed by atoms with Crippen molar-refractivity contribution in [1.29, 1.82) is 0 Å². The van der Waals surface area contributed by atoms with Crippen LogP contribution in [0.15, 0.2) is 0 Å². The third-order valence-electron chi connectivity index (χ3n) is 1.06. The van der Waals surface area contributed by atoms with Gasteiger partial charge in [0.15, 0.2) is 0 Å². The molecule has 19 heavy (non-hydrogen) atoms. The molecule has 9 nitrogen and oxygen atoms in total. The molecule has 0 spiro atoms. The van der Waals surface area contributed by atoms with Gasteiger partial charge in [0.1, 0.15) is 0 Å². The van der Waals surface area contributed by atoms with E-state index in [0.29, 0.717) is 0 Å². The van der Waals surface area contributed by atoms with Crippen molar-refractivity contribution in [3.8, 4) is 0 Å². The number of hydrogen-bond donors (Lipinski definition) is 0. The first-order valence-electron chi connectivity index (χ1n) is 4.69. The number of aliphatic carboxylic acids is 3. The Bertz CT molecular complexity index is 228. The van der Waals surface area contributed by atoms with Gasteiger partial charge in [-0.25, -0.2) is 0 Å². The van der Waals surface area contributed by atoms with Crippen molar-refractivity contribution in [1.82, 2.24) is 0 Å². The largest absolute Gasteiger partial charge is 3.00 e. The van der Waals surface area contributed by atoms with E-state index in [-0.39, 0.29) is 16.8 Å². The van der Waals surface area contributed by atoms with Gasteiger partial charge >= 0.3 is 16.8 Å². The summed E-state index contributed by atoms with van der Waals surface area (Å²) in [4.78, 5) is 28.2. The Hall–Kier alpha value is -1.20. The second-order valence-electron chi connectivity index (χ2n) is 3.12. The van der Waals surface area contributed by atoms with E-state index in [0.717, 1.165) is 0 Å². The Balaban J connectivity index is -0.0000000865. The van der Waals surface area contributed by atoms with Gasteiger partial charge in [-0.3, -0.25) is 0 Å². The number of nitrogens with one attached hydrogen (secondary N) is 3. The van der Waals surface area contributed by atoms with Crippen LogP contribution in [-0.2, 0) is 31.2 Å². The third-order valence-corrected chi connectivity index (χ3v) is 1.06. The molecule has 0 radical (unpaired) electrons. The molecule has 0 fully saturated rings. The van der Waals surface area contributed by atoms with Crippen LogP contribution < -0.4 is 15.3 Å². The zero-order valence-corrected chi connectivity index (χ0v) is 11.6. The molecule has 0 saturated carbocycles. The summed E-state index contributed by atoms with van der Waals surface area (Å²) in [7, 11) is 0. The van der Waals surface area contributed by atoms with Crippen LogP contribution >= 0.6 is 0 Å². The number of carboxylic acids is 3. The Kier molecular flexibility index (Phi) is 20.6. The van der Waals surface area contributed by atoms with Crippen molar-refractivity contribution in [3.63, 3.8) is 0 Å². The van der Waals surface area contributed by atoms with Crippen LogP contribution in [0.5, 0.6) is 0 Å². The molecule has 10 heteroatoms. The number of carbonyl (C=O) groups is 3. The molecule has 0 rings (SSSR count). The minimum absolute atomic E-state index is 0. The normalized spacial score (nSPS) is 12.9. The van der Waals surface area contributed by atoms with Gasteiger partial charge in [-0.15, -0.1) is 18.1 Å². The van der Waals surface area contributed by atoms with Crippen molar-refractivity contribution in [2.45, 2.75) is 38.9 Å². The SMILES string of the molecule is CC([NH-])C(=O)[O-].CC([NH-])C(=O)[O-].CC([NH-])C(=O)[O-].[Co+3]. The van der Waals surface area contributed by atoms with Gasteiger partial charge < -0.3 is 46.9 Å². The van der Waals surface area contributed by atoms with Gasteiger partial charge in [-0.1, -0.05) is 20.8 Å². The minimum Gasteiger partial charge on any atom is -0.670 e. The molecule has 3 N–H and O–H groups in total. The van der Waals surface area contributed by atoms with Gasteiger partial charge in [0.25, 0.3) is 0 Å². The zero-order valence-electron chi connectivity index (χ0n) is 10.5.